The first-order valence-electron chi connectivity index (χ1n) is 6.45. The van der Waals surface area contributed by atoms with E-state index in [1.54, 1.807) is 36.4 Å². The molecule has 0 atom stereocenters. The maximum absolute atomic E-state index is 11.8. The van der Waals surface area contributed by atoms with Crippen LogP contribution in [-0.2, 0) is 0 Å². The second kappa shape index (κ2) is 7.47. The number of hydrazone groups is 1. The molecule has 0 bridgehead atoms. The Morgan fingerprint density at radius 1 is 1.18 bits per heavy atom. The van der Waals surface area contributed by atoms with Crippen molar-refractivity contribution in [3.05, 3.63) is 58.6 Å². The van der Waals surface area contributed by atoms with E-state index in [9.17, 15) is 4.79 Å². The Labute approximate surface area is 133 Å². The van der Waals surface area contributed by atoms with E-state index < -0.39 is 0 Å². The van der Waals surface area contributed by atoms with Crippen molar-refractivity contribution in [2.24, 2.45) is 5.10 Å². The topological polar surface area (TPSA) is 59.9 Å². The average Bonchev–Trinajstić information content (AvgIpc) is 2.55. The van der Waals surface area contributed by atoms with E-state index >= 15 is 0 Å². The molecule has 0 aliphatic rings. The van der Waals surface area contributed by atoms with E-state index in [1.807, 2.05) is 6.07 Å². The SMILES string of the molecule is COc1cc(/C=N\NC(=O)c2ccccc2)cc(Cl)c1OC. The molecule has 1 N–H and O–H groups in total. The number of nitrogens with zero attached hydrogens (tertiary/aromatic N) is 1. The highest BCUT2D eigenvalue weighted by molar-refractivity contribution is 6.32. The smallest absolute Gasteiger partial charge is 0.271 e. The van der Waals surface area contributed by atoms with Gasteiger partial charge in [0, 0.05) is 5.56 Å². The van der Waals surface area contributed by atoms with Gasteiger partial charge in [-0.2, -0.15) is 5.10 Å². The van der Waals surface area contributed by atoms with Gasteiger partial charge in [-0.25, -0.2) is 5.43 Å². The van der Waals surface area contributed by atoms with Crippen LogP contribution in [0, 0.1) is 0 Å². The van der Waals surface area contributed by atoms with Gasteiger partial charge in [-0.3, -0.25) is 4.79 Å². The van der Waals surface area contributed by atoms with Gasteiger partial charge in [0.05, 0.1) is 25.5 Å². The van der Waals surface area contributed by atoms with E-state index in [1.165, 1.54) is 20.4 Å². The summed E-state index contributed by atoms with van der Waals surface area (Å²) in [7, 11) is 3.03. The first-order valence-corrected chi connectivity index (χ1v) is 6.83. The zero-order valence-corrected chi connectivity index (χ0v) is 12.9. The molecule has 2 aromatic rings. The molecule has 0 fully saturated rings. The van der Waals surface area contributed by atoms with E-state index in [2.05, 4.69) is 10.5 Å². The zero-order valence-electron chi connectivity index (χ0n) is 12.2. The summed E-state index contributed by atoms with van der Waals surface area (Å²) in [6.07, 6.45) is 1.48. The van der Waals surface area contributed by atoms with Crippen molar-refractivity contribution in [2.75, 3.05) is 14.2 Å². The highest BCUT2D eigenvalue weighted by Crippen LogP contribution is 2.35. The summed E-state index contributed by atoms with van der Waals surface area (Å²) in [5.41, 5.74) is 3.66. The first-order chi connectivity index (χ1) is 10.7. The minimum atomic E-state index is -0.288. The number of carbonyl (C=O) groups excluding carboxylic acids is 1. The number of hydrogen-bond donors (Lipinski definition) is 1. The fourth-order valence-corrected chi connectivity index (χ4v) is 2.13. The molecular weight excluding hydrogens is 304 g/mol. The summed E-state index contributed by atoms with van der Waals surface area (Å²) >= 11 is 6.10. The van der Waals surface area contributed by atoms with Crippen molar-refractivity contribution < 1.29 is 14.3 Å². The Bertz CT molecular complexity index is 687. The molecule has 0 aliphatic carbocycles. The molecule has 0 aliphatic heterocycles. The molecule has 6 heteroatoms. The molecule has 0 unspecified atom stereocenters. The number of rotatable bonds is 5. The number of benzene rings is 2. The molecule has 22 heavy (non-hydrogen) atoms. The van der Waals surface area contributed by atoms with Crippen molar-refractivity contribution in [1.29, 1.82) is 0 Å². The highest BCUT2D eigenvalue weighted by atomic mass is 35.5. The number of nitrogens with one attached hydrogen (secondary N) is 1. The molecule has 0 saturated heterocycles. The molecule has 0 saturated carbocycles. The van der Waals surface area contributed by atoms with Gasteiger partial charge in [0.2, 0.25) is 0 Å². The average molecular weight is 319 g/mol. The van der Waals surface area contributed by atoms with Gasteiger partial charge in [0.15, 0.2) is 11.5 Å². The third kappa shape index (κ3) is 3.77. The van der Waals surface area contributed by atoms with Crippen molar-refractivity contribution in [2.45, 2.75) is 0 Å². The van der Waals surface area contributed by atoms with E-state index in [0.717, 1.165) is 0 Å². The minimum absolute atomic E-state index is 0.288. The molecule has 0 aromatic heterocycles. The van der Waals surface area contributed by atoms with Gasteiger partial charge in [0.1, 0.15) is 0 Å². The number of methoxy groups -OCH3 is 2. The summed E-state index contributed by atoms with van der Waals surface area (Å²) in [5, 5.41) is 4.31. The largest absolute Gasteiger partial charge is 0.493 e. The predicted molar refractivity (Wildman–Crippen MR) is 86.1 cm³/mol. The maximum atomic E-state index is 11.8. The van der Waals surface area contributed by atoms with Crippen LogP contribution in [0.4, 0.5) is 0 Å². The lowest BCUT2D eigenvalue weighted by atomic mass is 10.2. The number of halogens is 1. The lowest BCUT2D eigenvalue weighted by molar-refractivity contribution is 0.0955. The van der Waals surface area contributed by atoms with Crippen LogP contribution in [-0.4, -0.2) is 26.3 Å². The molecule has 0 radical (unpaired) electrons. The highest BCUT2D eigenvalue weighted by Gasteiger charge is 2.10. The number of ether oxygens (including phenoxy) is 2. The van der Waals surface area contributed by atoms with Crippen LogP contribution in [0.1, 0.15) is 15.9 Å². The molecule has 1 amide bonds. The molecule has 0 heterocycles. The quantitative estimate of drug-likeness (QED) is 0.680. The Hall–Kier alpha value is -2.53. The molecular formula is C16H15ClN2O3. The van der Waals surface area contributed by atoms with E-state index in [-0.39, 0.29) is 5.91 Å². The fraction of sp³-hybridized carbons (Fsp3) is 0.125. The lowest BCUT2D eigenvalue weighted by Gasteiger charge is -2.09. The predicted octanol–water partition coefficient (Wildman–Crippen LogP) is 3.12. The fourth-order valence-electron chi connectivity index (χ4n) is 1.83. The van der Waals surface area contributed by atoms with Crippen LogP contribution >= 0.6 is 11.6 Å². The van der Waals surface area contributed by atoms with Crippen LogP contribution in [0.15, 0.2) is 47.6 Å². The first kappa shape index (κ1) is 15.9. The van der Waals surface area contributed by atoms with Gasteiger partial charge < -0.3 is 9.47 Å². The molecule has 114 valence electrons. The number of amides is 1. The van der Waals surface area contributed by atoms with Gasteiger partial charge in [-0.05, 0) is 29.8 Å². The molecule has 5 nitrogen and oxygen atoms in total. The van der Waals surface area contributed by atoms with Crippen molar-refractivity contribution in [3.63, 3.8) is 0 Å². The third-order valence-electron chi connectivity index (χ3n) is 2.87. The molecule has 0 spiro atoms. The summed E-state index contributed by atoms with van der Waals surface area (Å²) < 4.78 is 10.3. The normalized spacial score (nSPS) is 10.5. The third-order valence-corrected chi connectivity index (χ3v) is 3.15. The van der Waals surface area contributed by atoms with Crippen molar-refractivity contribution >= 4 is 23.7 Å². The van der Waals surface area contributed by atoms with Crippen LogP contribution in [0.5, 0.6) is 11.5 Å². The lowest BCUT2D eigenvalue weighted by Crippen LogP contribution is -2.17. The zero-order chi connectivity index (χ0) is 15.9. The monoisotopic (exact) mass is 318 g/mol. The summed E-state index contributed by atoms with van der Waals surface area (Å²) in [5.74, 6) is 0.656. The van der Waals surface area contributed by atoms with Gasteiger partial charge in [0.25, 0.3) is 5.91 Å². The number of carbonyl (C=O) groups is 1. The molecule has 2 rings (SSSR count). The minimum Gasteiger partial charge on any atom is -0.493 e. The standard InChI is InChI=1S/C16H15ClN2O3/c1-21-14-9-11(8-13(17)15(14)22-2)10-18-19-16(20)12-6-4-3-5-7-12/h3-10H,1-2H3,(H,19,20)/b18-10-. The maximum Gasteiger partial charge on any atom is 0.271 e. The summed E-state index contributed by atoms with van der Waals surface area (Å²) in [6.45, 7) is 0. The molecule has 2 aromatic carbocycles. The Kier molecular flexibility index (Phi) is 5.38. The Balaban J connectivity index is 2.10. The van der Waals surface area contributed by atoms with Gasteiger partial charge in [-0.1, -0.05) is 29.8 Å². The van der Waals surface area contributed by atoms with Crippen LogP contribution in [0.2, 0.25) is 5.02 Å². The van der Waals surface area contributed by atoms with Gasteiger partial charge >= 0.3 is 0 Å². The second-order valence-corrected chi connectivity index (χ2v) is 4.71. The van der Waals surface area contributed by atoms with Crippen molar-refractivity contribution in [3.8, 4) is 11.5 Å². The Morgan fingerprint density at radius 3 is 2.55 bits per heavy atom. The van der Waals surface area contributed by atoms with E-state index in [4.69, 9.17) is 21.1 Å². The van der Waals surface area contributed by atoms with E-state index in [0.29, 0.717) is 27.6 Å². The van der Waals surface area contributed by atoms with Gasteiger partial charge in [-0.15, -0.1) is 0 Å². The van der Waals surface area contributed by atoms with Crippen molar-refractivity contribution in [1.82, 2.24) is 5.43 Å². The van der Waals surface area contributed by atoms with Crippen LogP contribution in [0.25, 0.3) is 0 Å². The second-order valence-electron chi connectivity index (χ2n) is 4.30. The van der Waals surface area contributed by atoms with Crippen LogP contribution < -0.4 is 14.9 Å². The van der Waals surface area contributed by atoms with Crippen LogP contribution in [0.3, 0.4) is 0 Å². The summed E-state index contributed by atoms with van der Waals surface area (Å²) in [6, 6.07) is 12.2. The summed E-state index contributed by atoms with van der Waals surface area (Å²) in [4.78, 5) is 11.8. The number of hydrogen-bond acceptors (Lipinski definition) is 4. The Morgan fingerprint density at radius 2 is 1.91 bits per heavy atom.